The summed E-state index contributed by atoms with van der Waals surface area (Å²) in [7, 11) is 0. The predicted molar refractivity (Wildman–Crippen MR) is 179 cm³/mol. The van der Waals surface area contributed by atoms with Crippen molar-refractivity contribution in [3.8, 4) is 23.3 Å². The molecule has 0 unspecified atom stereocenters. The van der Waals surface area contributed by atoms with Gasteiger partial charge in [0.15, 0.2) is 0 Å². The Bertz CT molecular complexity index is 1800. The van der Waals surface area contributed by atoms with E-state index >= 15 is 0 Å². The number of esters is 1. The summed E-state index contributed by atoms with van der Waals surface area (Å²) >= 11 is 0. The highest BCUT2D eigenvalue weighted by molar-refractivity contribution is 5.94. The Balaban J connectivity index is 1.23. The molecule has 5 atom stereocenters. The fraction of sp³-hybridized carbons (Fsp3) is 0.450. The Morgan fingerprint density at radius 3 is 2.51 bits per heavy atom. The second-order valence-corrected chi connectivity index (χ2v) is 14.3. The minimum atomic E-state index is -4.44. The number of alkyl halides is 3. The minimum absolute atomic E-state index is 0.154. The van der Waals surface area contributed by atoms with Crippen LogP contribution in [0.3, 0.4) is 0 Å². The van der Waals surface area contributed by atoms with Gasteiger partial charge in [-0.2, -0.15) is 13.2 Å². The summed E-state index contributed by atoms with van der Waals surface area (Å²) < 4.78 is 52.0. The molecule has 2 aliphatic heterocycles. The van der Waals surface area contributed by atoms with Crippen LogP contribution in [0.5, 0.6) is 11.5 Å². The van der Waals surface area contributed by atoms with E-state index in [1.54, 1.807) is 0 Å². The molecule has 2 heterocycles. The van der Waals surface area contributed by atoms with Gasteiger partial charge in [-0.05, 0) is 92.4 Å². The van der Waals surface area contributed by atoms with Crippen molar-refractivity contribution in [1.29, 1.82) is 0 Å². The van der Waals surface area contributed by atoms with Crippen molar-refractivity contribution in [2.24, 2.45) is 11.8 Å². The third kappa shape index (κ3) is 6.09. The normalized spacial score (nSPS) is 25.1. The van der Waals surface area contributed by atoms with Gasteiger partial charge in [-0.15, -0.1) is 0 Å². The Morgan fingerprint density at radius 2 is 1.82 bits per heavy atom. The van der Waals surface area contributed by atoms with Crippen LogP contribution in [0.1, 0.15) is 67.9 Å². The largest absolute Gasteiger partial charge is 0.487 e. The number of nitrogens with zero attached hydrogens (tertiary/aromatic N) is 2. The van der Waals surface area contributed by atoms with Gasteiger partial charge in [0.05, 0.1) is 11.6 Å². The summed E-state index contributed by atoms with van der Waals surface area (Å²) in [6.07, 6.45) is -0.528. The first-order chi connectivity index (χ1) is 23.5. The maximum Gasteiger partial charge on any atom is 0.416 e. The zero-order valence-corrected chi connectivity index (χ0v) is 28.1. The van der Waals surface area contributed by atoms with Crippen LogP contribution < -0.4 is 9.47 Å². The van der Waals surface area contributed by atoms with Crippen molar-refractivity contribution in [3.63, 3.8) is 0 Å². The van der Waals surface area contributed by atoms with Crippen molar-refractivity contribution in [1.82, 2.24) is 9.80 Å². The van der Waals surface area contributed by atoms with Crippen molar-refractivity contribution in [2.75, 3.05) is 19.6 Å². The van der Waals surface area contributed by atoms with Gasteiger partial charge >= 0.3 is 12.1 Å². The van der Waals surface area contributed by atoms with Gasteiger partial charge in [0.1, 0.15) is 17.6 Å². The van der Waals surface area contributed by atoms with Crippen molar-refractivity contribution in [3.05, 3.63) is 94.5 Å². The average Bonchev–Trinajstić information content (AvgIpc) is 3.40. The maximum atomic E-state index is 14.0. The first-order valence-electron chi connectivity index (χ1n) is 17.2. The quantitative estimate of drug-likeness (QED) is 0.157. The van der Waals surface area contributed by atoms with Crippen molar-refractivity contribution in [2.45, 2.75) is 82.7 Å². The zero-order chi connectivity index (χ0) is 34.5. The number of likely N-dealkylation sites (tertiary alicyclic amines) is 1. The van der Waals surface area contributed by atoms with Crippen LogP contribution in [0, 0.1) is 23.7 Å². The highest BCUT2D eigenvalue weighted by Gasteiger charge is 2.66. The van der Waals surface area contributed by atoms with Crippen LogP contribution in [0.15, 0.2) is 66.7 Å². The van der Waals surface area contributed by atoms with Crippen LogP contribution in [0.25, 0.3) is 0 Å². The van der Waals surface area contributed by atoms with E-state index in [4.69, 9.17) is 9.47 Å². The molecule has 1 saturated heterocycles. The molecule has 2 fully saturated rings. The summed E-state index contributed by atoms with van der Waals surface area (Å²) in [6, 6.07) is 18.8. The van der Waals surface area contributed by atoms with Gasteiger partial charge in [0.2, 0.25) is 0 Å². The molecule has 2 aliphatic carbocycles. The van der Waals surface area contributed by atoms with E-state index in [1.165, 1.54) is 24.6 Å². The van der Waals surface area contributed by atoms with Gasteiger partial charge in [0, 0.05) is 54.1 Å². The fourth-order valence-electron chi connectivity index (χ4n) is 9.06. The number of hydrogen-bond acceptors (Lipinski definition) is 5. The van der Waals surface area contributed by atoms with E-state index < -0.39 is 11.7 Å². The SMILES string of the molecule is CC(=O)Oc1ccc2c3c1C[C@@H]1[C@@H]4CC[C@@H](N(CC(C)C)C(=O)C#Cc5ccc(C(F)(F)F)cc5)[C@H](O2)[C@]34CCN1CCc1ccccc1. The summed E-state index contributed by atoms with van der Waals surface area (Å²) in [5.41, 5.74) is 2.70. The standard InChI is InChI=1S/C40H41F3N2O4/c1-25(2)24-45(36(47)18-11-28-9-12-29(13-10-28)40(41,42)43)32-15-14-31-33-23-30-34(48-26(3)46)16-17-35-37(30)39(31,38(32)49-35)20-22-44(33)21-19-27-7-5-4-6-8-27/h4-10,12-13,16-17,25,31-33,38H,14-15,19-24H2,1-3H3/t31-,32+,33+,38-,39-/m0/s1. The lowest BCUT2D eigenvalue weighted by molar-refractivity contribution is -0.138. The lowest BCUT2D eigenvalue weighted by Crippen LogP contribution is -2.69. The third-order valence-corrected chi connectivity index (χ3v) is 10.9. The molecule has 2 bridgehead atoms. The third-order valence-electron chi connectivity index (χ3n) is 10.9. The van der Waals surface area contributed by atoms with E-state index in [0.717, 1.165) is 74.2 Å². The molecule has 0 radical (unpaired) electrons. The topological polar surface area (TPSA) is 59.1 Å². The van der Waals surface area contributed by atoms with E-state index in [9.17, 15) is 22.8 Å². The Labute approximate surface area is 285 Å². The lowest BCUT2D eigenvalue weighted by Gasteiger charge is -2.60. The molecule has 4 aliphatic rings. The highest BCUT2D eigenvalue weighted by Crippen LogP contribution is 2.64. The van der Waals surface area contributed by atoms with Crippen molar-refractivity contribution < 1.29 is 32.2 Å². The molecule has 1 spiro atoms. The van der Waals surface area contributed by atoms with E-state index in [1.807, 2.05) is 23.1 Å². The molecule has 7 rings (SSSR count). The van der Waals surface area contributed by atoms with E-state index in [2.05, 4.69) is 54.9 Å². The first kappa shape index (κ1) is 33.2. The van der Waals surface area contributed by atoms with Crippen LogP contribution in [-0.2, 0) is 34.0 Å². The van der Waals surface area contributed by atoms with Gasteiger partial charge < -0.3 is 14.4 Å². The average molecular weight is 671 g/mol. The number of piperidine rings is 1. The van der Waals surface area contributed by atoms with E-state index in [-0.39, 0.29) is 41.4 Å². The molecule has 1 amide bonds. The molecule has 0 aromatic heterocycles. The number of carbonyl (C=O) groups excluding carboxylic acids is 2. The molecule has 3 aromatic carbocycles. The number of ether oxygens (including phenoxy) is 2. The van der Waals surface area contributed by atoms with Gasteiger partial charge in [0.25, 0.3) is 5.91 Å². The van der Waals surface area contributed by atoms with Gasteiger partial charge in [-0.25, -0.2) is 0 Å². The number of halogens is 3. The fourth-order valence-corrected chi connectivity index (χ4v) is 9.06. The molecular formula is C40H41F3N2O4. The van der Waals surface area contributed by atoms with Crippen LogP contribution in [-0.4, -0.2) is 59.5 Å². The first-order valence-corrected chi connectivity index (χ1v) is 17.2. The smallest absolute Gasteiger partial charge is 0.416 e. The molecule has 6 nitrogen and oxygen atoms in total. The maximum absolute atomic E-state index is 14.0. The van der Waals surface area contributed by atoms with Gasteiger partial charge in [-0.1, -0.05) is 50.1 Å². The summed E-state index contributed by atoms with van der Waals surface area (Å²) in [5.74, 6) is 6.69. The summed E-state index contributed by atoms with van der Waals surface area (Å²) in [5, 5.41) is 0. The monoisotopic (exact) mass is 670 g/mol. The predicted octanol–water partition coefficient (Wildman–Crippen LogP) is 6.82. The van der Waals surface area contributed by atoms with E-state index in [0.29, 0.717) is 23.8 Å². The summed E-state index contributed by atoms with van der Waals surface area (Å²) in [4.78, 5) is 30.6. The zero-order valence-electron chi connectivity index (χ0n) is 28.1. The number of hydrogen-bond donors (Lipinski definition) is 0. The molecular weight excluding hydrogens is 629 g/mol. The Hall–Kier alpha value is -4.29. The molecule has 9 heteroatoms. The number of benzene rings is 3. The highest BCUT2D eigenvalue weighted by atomic mass is 19.4. The van der Waals surface area contributed by atoms with Crippen LogP contribution >= 0.6 is 0 Å². The van der Waals surface area contributed by atoms with Crippen LogP contribution in [0.2, 0.25) is 0 Å². The summed E-state index contributed by atoms with van der Waals surface area (Å²) in [6.45, 7) is 7.83. The number of rotatable bonds is 7. The Kier molecular flexibility index (Phi) is 8.72. The molecule has 3 aromatic rings. The van der Waals surface area contributed by atoms with Gasteiger partial charge in [-0.3, -0.25) is 14.5 Å². The lowest BCUT2D eigenvalue weighted by atomic mass is 9.50. The molecule has 256 valence electrons. The van der Waals surface area contributed by atoms with Crippen molar-refractivity contribution >= 4 is 11.9 Å². The second-order valence-electron chi connectivity index (χ2n) is 14.3. The Morgan fingerprint density at radius 1 is 1.06 bits per heavy atom. The molecule has 1 saturated carbocycles. The number of amides is 1. The molecule has 49 heavy (non-hydrogen) atoms. The second kappa shape index (κ2) is 12.9. The number of carbonyl (C=O) groups is 2. The van der Waals surface area contributed by atoms with Crippen LogP contribution in [0.4, 0.5) is 13.2 Å². The molecule has 0 N–H and O–H groups in total. The minimum Gasteiger partial charge on any atom is -0.487 e.